The number of halogens is 3. The fourth-order valence-corrected chi connectivity index (χ4v) is 8.02. The summed E-state index contributed by atoms with van der Waals surface area (Å²) in [7, 11) is 1.79. The summed E-state index contributed by atoms with van der Waals surface area (Å²) in [5, 5.41) is 10.5. The van der Waals surface area contributed by atoms with Crippen LogP contribution in [0.5, 0.6) is 6.01 Å². The highest BCUT2D eigenvalue weighted by Crippen LogP contribution is 2.46. The van der Waals surface area contributed by atoms with Crippen LogP contribution in [0.2, 0.25) is 5.02 Å². The third-order valence-corrected chi connectivity index (χ3v) is 10.7. The molecule has 15 heteroatoms. The van der Waals surface area contributed by atoms with Gasteiger partial charge in [0.25, 0.3) is 0 Å². The topological polar surface area (TPSA) is 152 Å². The molecule has 0 spiro atoms. The van der Waals surface area contributed by atoms with E-state index in [9.17, 15) is 9.65 Å². The molecule has 0 aliphatic carbocycles. The van der Waals surface area contributed by atoms with Crippen LogP contribution in [0.1, 0.15) is 43.9 Å². The van der Waals surface area contributed by atoms with Crippen LogP contribution in [0.4, 0.5) is 25.4 Å². The lowest BCUT2D eigenvalue weighted by atomic mass is 9.97. The van der Waals surface area contributed by atoms with Crippen molar-refractivity contribution >= 4 is 60.6 Å². The molecule has 0 saturated carbocycles. The fourth-order valence-electron chi connectivity index (χ4n) is 6.78. The Kier molecular flexibility index (Phi) is 8.41. The summed E-state index contributed by atoms with van der Waals surface area (Å²) in [6.07, 6.45) is 5.01. The van der Waals surface area contributed by atoms with Crippen LogP contribution in [-0.4, -0.2) is 69.8 Å². The highest BCUT2D eigenvalue weighted by Gasteiger charge is 2.38. The van der Waals surface area contributed by atoms with Gasteiger partial charge in [0, 0.05) is 53.8 Å². The largest absolute Gasteiger partial charge is 0.462 e. The molecule has 2 aliphatic heterocycles. The Balaban J connectivity index is 1.37. The monoisotopic (exact) mass is 691 g/mol. The molecule has 2 fully saturated rings. The molecular formula is C33H32ClF2N9O2S. The smallest absolute Gasteiger partial charge is 0.319 e. The lowest BCUT2D eigenvalue weighted by Crippen LogP contribution is -2.49. The predicted octanol–water partition coefficient (Wildman–Crippen LogP) is 6.10. The molecule has 0 radical (unpaired) electrons. The Labute approximate surface area is 284 Å². The molecule has 11 nitrogen and oxygen atoms in total. The van der Waals surface area contributed by atoms with Gasteiger partial charge >= 0.3 is 6.01 Å². The van der Waals surface area contributed by atoms with Gasteiger partial charge in [-0.1, -0.05) is 17.7 Å². The summed E-state index contributed by atoms with van der Waals surface area (Å²) in [5.41, 5.74) is 13.1. The summed E-state index contributed by atoms with van der Waals surface area (Å²) >= 11 is 7.76. The van der Waals surface area contributed by atoms with E-state index in [1.54, 1.807) is 24.2 Å². The van der Waals surface area contributed by atoms with Crippen molar-refractivity contribution in [3.63, 3.8) is 0 Å². The van der Waals surface area contributed by atoms with Gasteiger partial charge in [-0.3, -0.25) is 4.90 Å². The minimum Gasteiger partial charge on any atom is -0.462 e. The standard InChI is InChI=1S/C33H32ClF2N9O2S/c1-15-11-45-17(12-46-15)4-5-18(45)13-47-33-42-28-20(32(43-33)44(3)16(2)22-10-40-14-41-30(22)38)8-23(34)26(27(28)36)19-6-7-24(35)29-25(19)21(9-37)31(39)48-29/h6-8,10,14-18H,4-5,11-13,39H2,1-3H3,(H2,38,40,41)/t15-,16+,17-,18-/m0/s1. The van der Waals surface area contributed by atoms with Crippen LogP contribution in [0, 0.1) is 23.0 Å². The second kappa shape index (κ2) is 12.6. The number of aromatic nitrogens is 4. The van der Waals surface area contributed by atoms with Crippen LogP contribution in [0.25, 0.3) is 32.1 Å². The first-order valence-corrected chi connectivity index (χ1v) is 16.7. The number of rotatable bonds is 7. The normalized spacial score (nSPS) is 20.1. The van der Waals surface area contributed by atoms with E-state index in [1.165, 1.54) is 18.5 Å². The Bertz CT molecular complexity index is 2110. The van der Waals surface area contributed by atoms with Gasteiger partial charge in [-0.05, 0) is 44.4 Å². The number of anilines is 3. The maximum absolute atomic E-state index is 17.0. The van der Waals surface area contributed by atoms with Crippen molar-refractivity contribution in [2.75, 3.05) is 43.2 Å². The van der Waals surface area contributed by atoms with Gasteiger partial charge < -0.3 is 25.8 Å². The van der Waals surface area contributed by atoms with E-state index >= 15 is 4.39 Å². The van der Waals surface area contributed by atoms with Crippen LogP contribution in [0.3, 0.4) is 0 Å². The molecule has 0 unspecified atom stereocenters. The maximum atomic E-state index is 17.0. The minimum atomic E-state index is -0.779. The summed E-state index contributed by atoms with van der Waals surface area (Å²) in [5.74, 6) is -0.721. The SMILES string of the molecule is C[C@H](c1cncnc1N)N(C)c1nc(OC[C@@H]2CC[C@H]3CO[C@@H](C)CN23)nc2c(F)c(-c3ccc(F)c4sc(N)c(C#N)c34)c(Cl)cc12. The average molecular weight is 692 g/mol. The number of hydrogen-bond acceptors (Lipinski definition) is 12. The van der Waals surface area contributed by atoms with Crippen molar-refractivity contribution in [3.8, 4) is 23.2 Å². The number of nitrogen functional groups attached to an aromatic ring is 2. The molecule has 4 N–H and O–H groups in total. The molecule has 0 bridgehead atoms. The first kappa shape index (κ1) is 32.1. The number of nitrogens with two attached hydrogens (primary N) is 2. The molecule has 3 aromatic heterocycles. The number of ether oxygens (including phenoxy) is 2. The Morgan fingerprint density at radius 2 is 2.08 bits per heavy atom. The van der Waals surface area contributed by atoms with Gasteiger partial charge in [-0.15, -0.1) is 11.3 Å². The van der Waals surface area contributed by atoms with E-state index in [0.717, 1.165) is 30.7 Å². The van der Waals surface area contributed by atoms with Crippen molar-refractivity contribution in [1.82, 2.24) is 24.8 Å². The fraction of sp³-hybridized carbons (Fsp3) is 0.364. The molecule has 2 aromatic carbocycles. The molecule has 2 saturated heterocycles. The van der Waals surface area contributed by atoms with E-state index in [0.29, 0.717) is 41.8 Å². The number of nitriles is 1. The first-order valence-electron chi connectivity index (χ1n) is 15.5. The molecule has 48 heavy (non-hydrogen) atoms. The van der Waals surface area contributed by atoms with E-state index in [-0.39, 0.29) is 60.5 Å². The quantitative estimate of drug-likeness (QED) is 0.204. The van der Waals surface area contributed by atoms with Crippen LogP contribution in [-0.2, 0) is 4.74 Å². The lowest BCUT2D eigenvalue weighted by molar-refractivity contribution is -0.0556. The van der Waals surface area contributed by atoms with Gasteiger partial charge in [-0.2, -0.15) is 15.2 Å². The number of hydrogen-bond donors (Lipinski definition) is 2. The predicted molar refractivity (Wildman–Crippen MR) is 182 cm³/mol. The molecule has 5 aromatic rings. The Morgan fingerprint density at radius 3 is 2.85 bits per heavy atom. The first-order chi connectivity index (χ1) is 23.1. The number of fused-ring (bicyclic) bond motifs is 3. The van der Waals surface area contributed by atoms with Gasteiger partial charge in [0.15, 0.2) is 5.82 Å². The van der Waals surface area contributed by atoms with Crippen LogP contribution in [0.15, 0.2) is 30.7 Å². The Morgan fingerprint density at radius 1 is 1.27 bits per heavy atom. The number of morpholine rings is 1. The van der Waals surface area contributed by atoms with Gasteiger partial charge in [0.05, 0.1) is 34.0 Å². The molecule has 5 heterocycles. The van der Waals surface area contributed by atoms with Crippen molar-refractivity contribution < 1.29 is 18.3 Å². The molecule has 4 atom stereocenters. The summed E-state index contributed by atoms with van der Waals surface area (Å²) in [6, 6.07) is 6.23. The molecule has 2 aliphatic rings. The van der Waals surface area contributed by atoms with E-state index in [2.05, 4.69) is 26.8 Å². The molecule has 248 valence electrons. The van der Waals surface area contributed by atoms with Crippen molar-refractivity contribution in [2.24, 2.45) is 0 Å². The van der Waals surface area contributed by atoms with Gasteiger partial charge in [0.2, 0.25) is 0 Å². The van der Waals surface area contributed by atoms with E-state index < -0.39 is 17.7 Å². The average Bonchev–Trinajstić information content (AvgIpc) is 3.64. The summed E-state index contributed by atoms with van der Waals surface area (Å²) < 4.78 is 44.1. The van der Waals surface area contributed by atoms with E-state index in [4.69, 9.17) is 37.5 Å². The maximum Gasteiger partial charge on any atom is 0.319 e. The number of nitrogens with zero attached hydrogens (tertiary/aromatic N) is 7. The second-order valence-corrected chi connectivity index (χ2v) is 13.7. The van der Waals surface area contributed by atoms with Crippen LogP contribution >= 0.6 is 22.9 Å². The minimum absolute atomic E-state index is 0.0159. The summed E-state index contributed by atoms with van der Waals surface area (Å²) in [6.45, 7) is 5.72. The molecule has 0 amide bonds. The zero-order valence-corrected chi connectivity index (χ0v) is 27.9. The number of thiophene rings is 1. The second-order valence-electron chi connectivity index (χ2n) is 12.2. The van der Waals surface area contributed by atoms with Crippen molar-refractivity contribution in [3.05, 3.63) is 58.5 Å². The number of benzene rings is 2. The van der Waals surface area contributed by atoms with E-state index in [1.807, 2.05) is 13.0 Å². The highest BCUT2D eigenvalue weighted by atomic mass is 35.5. The third kappa shape index (κ3) is 5.40. The van der Waals surface area contributed by atoms with Gasteiger partial charge in [0.1, 0.15) is 47.0 Å². The lowest BCUT2D eigenvalue weighted by Gasteiger charge is -2.37. The highest BCUT2D eigenvalue weighted by molar-refractivity contribution is 7.23. The Hall–Kier alpha value is -4.42. The molecule has 7 rings (SSSR count). The molecular weight excluding hydrogens is 660 g/mol. The van der Waals surface area contributed by atoms with Gasteiger partial charge in [-0.25, -0.2) is 18.7 Å². The van der Waals surface area contributed by atoms with Crippen molar-refractivity contribution in [1.29, 1.82) is 5.26 Å². The third-order valence-electron chi connectivity index (χ3n) is 9.40. The zero-order valence-electron chi connectivity index (χ0n) is 26.4. The van der Waals surface area contributed by atoms with Crippen LogP contribution < -0.4 is 21.1 Å². The van der Waals surface area contributed by atoms with Crippen molar-refractivity contribution in [2.45, 2.75) is 50.9 Å². The zero-order chi connectivity index (χ0) is 33.9. The summed E-state index contributed by atoms with van der Waals surface area (Å²) in [4.78, 5) is 21.8.